The van der Waals surface area contributed by atoms with Crippen LogP contribution in [-0.4, -0.2) is 62.4 Å². The number of benzene rings is 2. The number of fused-ring (bicyclic) bond motifs is 1. The van der Waals surface area contributed by atoms with Crippen LogP contribution < -0.4 is 4.90 Å². The number of sulfone groups is 1. The average molecular weight is 528 g/mol. The van der Waals surface area contributed by atoms with E-state index in [0.29, 0.717) is 29.4 Å². The standard InChI is InChI=1S/C23H29N3O3S3.ClH/c1-4-25(5-2)15-16-26(21(27)14-17-30-18-10-7-6-8-11-18)23-24-22-19(31-23)12-9-13-20(22)32(3,28)29;/h6-13H,4-5,14-17H2,1-3H3;1H. The second-order valence-electron chi connectivity index (χ2n) is 7.36. The van der Waals surface area contributed by atoms with E-state index in [0.717, 1.165) is 29.2 Å². The molecule has 1 aromatic heterocycles. The van der Waals surface area contributed by atoms with Crippen molar-refractivity contribution in [1.29, 1.82) is 0 Å². The molecule has 2 aromatic carbocycles. The summed E-state index contributed by atoms with van der Waals surface area (Å²) in [5.41, 5.74) is 0.439. The minimum Gasteiger partial charge on any atom is -0.302 e. The molecule has 0 aliphatic rings. The minimum atomic E-state index is -3.41. The third kappa shape index (κ3) is 7.42. The van der Waals surface area contributed by atoms with Crippen molar-refractivity contribution in [1.82, 2.24) is 9.88 Å². The summed E-state index contributed by atoms with van der Waals surface area (Å²) < 4.78 is 25.2. The van der Waals surface area contributed by atoms with Crippen LogP contribution in [0.15, 0.2) is 58.3 Å². The average Bonchev–Trinajstić information content (AvgIpc) is 3.20. The molecule has 0 fully saturated rings. The number of hydrogen-bond donors (Lipinski definition) is 0. The zero-order chi connectivity index (χ0) is 23.1. The Labute approximate surface area is 210 Å². The van der Waals surface area contributed by atoms with E-state index in [1.807, 2.05) is 36.4 Å². The van der Waals surface area contributed by atoms with Crippen molar-refractivity contribution in [3.8, 4) is 0 Å². The van der Waals surface area contributed by atoms with Gasteiger partial charge in [0, 0.05) is 36.4 Å². The molecule has 0 saturated carbocycles. The van der Waals surface area contributed by atoms with Crippen LogP contribution in [0, 0.1) is 0 Å². The minimum absolute atomic E-state index is 0. The van der Waals surface area contributed by atoms with Crippen molar-refractivity contribution in [2.24, 2.45) is 0 Å². The van der Waals surface area contributed by atoms with Crippen LogP contribution in [0.4, 0.5) is 5.13 Å². The zero-order valence-electron chi connectivity index (χ0n) is 19.1. The molecule has 0 bridgehead atoms. The van der Waals surface area contributed by atoms with Crippen molar-refractivity contribution in [3.63, 3.8) is 0 Å². The second-order valence-corrected chi connectivity index (χ2v) is 11.5. The van der Waals surface area contributed by atoms with Gasteiger partial charge in [0.05, 0.1) is 9.60 Å². The summed E-state index contributed by atoms with van der Waals surface area (Å²) in [6.07, 6.45) is 1.57. The van der Waals surface area contributed by atoms with Gasteiger partial charge in [0.2, 0.25) is 5.91 Å². The number of para-hydroxylation sites is 1. The van der Waals surface area contributed by atoms with Gasteiger partial charge in [0.25, 0.3) is 0 Å². The van der Waals surface area contributed by atoms with Gasteiger partial charge in [-0.25, -0.2) is 13.4 Å². The molecule has 0 radical (unpaired) electrons. The third-order valence-corrected chi connectivity index (χ3v) is 8.35. The Balaban J connectivity index is 0.00000385. The summed E-state index contributed by atoms with van der Waals surface area (Å²) in [7, 11) is -3.41. The highest BCUT2D eigenvalue weighted by atomic mass is 35.5. The van der Waals surface area contributed by atoms with Crippen LogP contribution in [-0.2, 0) is 14.6 Å². The third-order valence-electron chi connectivity index (χ3n) is 5.16. The molecule has 3 aromatic rings. The molecule has 3 rings (SSSR count). The number of thiazole rings is 1. The van der Waals surface area contributed by atoms with Crippen LogP contribution >= 0.6 is 35.5 Å². The molecule has 0 saturated heterocycles. The number of thioether (sulfide) groups is 1. The first-order valence-electron chi connectivity index (χ1n) is 10.6. The van der Waals surface area contributed by atoms with Crippen LogP contribution in [0.2, 0.25) is 0 Å². The SMILES string of the molecule is CCN(CC)CCN(C(=O)CCSc1ccccc1)c1nc2c(S(C)(=O)=O)cccc2s1.Cl. The Morgan fingerprint density at radius 3 is 2.36 bits per heavy atom. The van der Waals surface area contributed by atoms with Gasteiger partial charge in [-0.15, -0.1) is 24.2 Å². The lowest BCUT2D eigenvalue weighted by Crippen LogP contribution is -2.39. The number of anilines is 1. The predicted molar refractivity (Wildman–Crippen MR) is 142 cm³/mol. The van der Waals surface area contributed by atoms with Crippen LogP contribution in [0.1, 0.15) is 20.3 Å². The number of carbonyl (C=O) groups is 1. The summed E-state index contributed by atoms with van der Waals surface area (Å²) in [6.45, 7) is 7.26. The van der Waals surface area contributed by atoms with Gasteiger partial charge in [0.15, 0.2) is 15.0 Å². The maximum atomic E-state index is 13.2. The maximum Gasteiger partial charge on any atom is 0.229 e. The lowest BCUT2D eigenvalue weighted by Gasteiger charge is -2.24. The van der Waals surface area contributed by atoms with Crippen LogP contribution in [0.5, 0.6) is 0 Å². The molecule has 1 amide bonds. The molecule has 6 nitrogen and oxygen atoms in total. The van der Waals surface area contributed by atoms with E-state index in [-0.39, 0.29) is 23.2 Å². The molecular formula is C23H30ClN3O3S3. The molecular weight excluding hydrogens is 498 g/mol. The van der Waals surface area contributed by atoms with Crippen molar-refractivity contribution < 1.29 is 13.2 Å². The first-order valence-corrected chi connectivity index (χ1v) is 14.3. The number of aromatic nitrogens is 1. The van der Waals surface area contributed by atoms with E-state index in [1.54, 1.807) is 28.8 Å². The highest BCUT2D eigenvalue weighted by Crippen LogP contribution is 2.33. The number of likely N-dealkylation sites (N-methyl/N-ethyl adjacent to an activating group) is 1. The molecule has 180 valence electrons. The highest BCUT2D eigenvalue weighted by molar-refractivity contribution is 7.99. The monoisotopic (exact) mass is 527 g/mol. The van der Waals surface area contributed by atoms with Gasteiger partial charge in [-0.05, 0) is 37.4 Å². The summed E-state index contributed by atoms with van der Waals surface area (Å²) >= 11 is 3.02. The second kappa shape index (κ2) is 12.7. The molecule has 0 unspecified atom stereocenters. The summed E-state index contributed by atoms with van der Waals surface area (Å²) in [5, 5.41) is 0.554. The quantitative estimate of drug-likeness (QED) is 0.327. The van der Waals surface area contributed by atoms with E-state index >= 15 is 0 Å². The Morgan fingerprint density at radius 1 is 1.03 bits per heavy atom. The van der Waals surface area contributed by atoms with Crippen molar-refractivity contribution in [3.05, 3.63) is 48.5 Å². The smallest absolute Gasteiger partial charge is 0.229 e. The predicted octanol–water partition coefficient (Wildman–Crippen LogP) is 4.98. The van der Waals surface area contributed by atoms with Crippen molar-refractivity contribution in [2.45, 2.75) is 30.1 Å². The van der Waals surface area contributed by atoms with Crippen LogP contribution in [0.3, 0.4) is 0 Å². The Morgan fingerprint density at radius 2 is 1.73 bits per heavy atom. The number of rotatable bonds is 11. The fraction of sp³-hybridized carbons (Fsp3) is 0.391. The van der Waals surface area contributed by atoms with E-state index in [1.165, 1.54) is 17.6 Å². The zero-order valence-corrected chi connectivity index (χ0v) is 22.3. The largest absolute Gasteiger partial charge is 0.302 e. The normalized spacial score (nSPS) is 11.5. The Kier molecular flexibility index (Phi) is 10.6. The fourth-order valence-corrected chi connectivity index (χ4v) is 6.14. The Hall–Kier alpha value is -1.65. The molecule has 0 N–H and O–H groups in total. The van der Waals surface area contributed by atoms with Gasteiger partial charge in [0.1, 0.15) is 5.52 Å². The number of nitrogens with zero attached hydrogens (tertiary/aromatic N) is 3. The summed E-state index contributed by atoms with van der Waals surface area (Å²) in [5.74, 6) is 0.671. The van der Waals surface area contributed by atoms with Gasteiger partial charge >= 0.3 is 0 Å². The molecule has 1 heterocycles. The molecule has 10 heteroatoms. The van der Waals surface area contributed by atoms with Crippen LogP contribution in [0.25, 0.3) is 10.2 Å². The van der Waals surface area contributed by atoms with E-state index in [9.17, 15) is 13.2 Å². The number of halogens is 1. The lowest BCUT2D eigenvalue weighted by molar-refractivity contribution is -0.118. The molecule has 0 spiro atoms. The summed E-state index contributed by atoms with van der Waals surface area (Å²) in [4.78, 5) is 23.2. The fourth-order valence-electron chi connectivity index (χ4n) is 3.34. The van der Waals surface area contributed by atoms with Gasteiger partial charge in [-0.1, -0.05) is 49.4 Å². The summed E-state index contributed by atoms with van der Waals surface area (Å²) in [6, 6.07) is 15.2. The van der Waals surface area contributed by atoms with Crippen molar-refractivity contribution >= 4 is 66.6 Å². The molecule has 0 atom stereocenters. The Bertz CT molecular complexity index is 1150. The topological polar surface area (TPSA) is 70.6 Å². The number of carbonyl (C=O) groups excluding carboxylic acids is 1. The van der Waals surface area contributed by atoms with E-state index in [2.05, 4.69) is 23.7 Å². The first kappa shape index (κ1) is 27.6. The van der Waals surface area contributed by atoms with Gasteiger partial charge in [-0.2, -0.15) is 0 Å². The highest BCUT2D eigenvalue weighted by Gasteiger charge is 2.22. The van der Waals surface area contributed by atoms with Gasteiger partial charge < -0.3 is 4.90 Å². The number of amides is 1. The van der Waals surface area contributed by atoms with E-state index < -0.39 is 9.84 Å². The lowest BCUT2D eigenvalue weighted by atomic mass is 10.3. The maximum absolute atomic E-state index is 13.2. The molecule has 0 aliphatic heterocycles. The van der Waals surface area contributed by atoms with Crippen molar-refractivity contribution in [2.75, 3.05) is 43.1 Å². The molecule has 33 heavy (non-hydrogen) atoms. The first-order chi connectivity index (χ1) is 15.3. The number of hydrogen-bond acceptors (Lipinski definition) is 7. The molecule has 0 aliphatic carbocycles. The van der Waals surface area contributed by atoms with E-state index in [4.69, 9.17) is 0 Å². The van der Waals surface area contributed by atoms with Gasteiger partial charge in [-0.3, -0.25) is 9.69 Å².